The average Bonchev–Trinajstić information content (AvgIpc) is 2.71. The number of halogens is 1. The Morgan fingerprint density at radius 1 is 1.43 bits per heavy atom. The minimum Gasteiger partial charge on any atom is -0.492 e. The minimum absolute atomic E-state index is 0.107. The van der Waals surface area contributed by atoms with Gasteiger partial charge in [0, 0.05) is 19.2 Å². The number of nitrogens with one attached hydrogen (secondary N) is 2. The molecule has 6 heteroatoms. The standard InChI is InChI=1S/C15H22FN3O2/c1-2-21-14-10-12(16)4-5-13(14)18-15(20)11-19-8-3-6-17-7-9-19/h4-5,10,17H,2-3,6-9,11H2,1H3,(H,18,20). The minimum atomic E-state index is -0.380. The van der Waals surface area contributed by atoms with Crippen molar-refractivity contribution in [3.05, 3.63) is 24.0 Å². The molecular formula is C15H22FN3O2. The van der Waals surface area contributed by atoms with Crippen LogP contribution in [-0.4, -0.2) is 50.1 Å². The molecule has 1 aliphatic heterocycles. The van der Waals surface area contributed by atoms with Crippen molar-refractivity contribution in [2.75, 3.05) is 44.6 Å². The van der Waals surface area contributed by atoms with Crippen LogP contribution in [0.25, 0.3) is 0 Å². The summed E-state index contributed by atoms with van der Waals surface area (Å²) in [4.78, 5) is 14.2. The number of anilines is 1. The molecule has 1 saturated heterocycles. The van der Waals surface area contributed by atoms with Crippen LogP contribution in [0, 0.1) is 5.82 Å². The van der Waals surface area contributed by atoms with E-state index in [1.165, 1.54) is 18.2 Å². The number of carbonyl (C=O) groups excluding carboxylic acids is 1. The van der Waals surface area contributed by atoms with Gasteiger partial charge in [0.05, 0.1) is 18.8 Å². The summed E-state index contributed by atoms with van der Waals surface area (Å²) in [6.07, 6.45) is 1.04. The summed E-state index contributed by atoms with van der Waals surface area (Å²) in [7, 11) is 0. The molecule has 2 rings (SSSR count). The number of carbonyl (C=O) groups is 1. The van der Waals surface area contributed by atoms with Crippen molar-refractivity contribution < 1.29 is 13.9 Å². The Morgan fingerprint density at radius 2 is 2.29 bits per heavy atom. The first kappa shape index (κ1) is 15.7. The van der Waals surface area contributed by atoms with Gasteiger partial charge in [0.15, 0.2) is 0 Å². The molecule has 1 aromatic rings. The molecule has 1 aromatic carbocycles. The summed E-state index contributed by atoms with van der Waals surface area (Å²) < 4.78 is 18.6. The third-order valence-electron chi connectivity index (χ3n) is 3.32. The van der Waals surface area contributed by atoms with Gasteiger partial charge in [-0.1, -0.05) is 0 Å². The largest absolute Gasteiger partial charge is 0.492 e. The molecular weight excluding hydrogens is 273 g/mol. The lowest BCUT2D eigenvalue weighted by atomic mass is 10.2. The van der Waals surface area contributed by atoms with Gasteiger partial charge < -0.3 is 15.4 Å². The topological polar surface area (TPSA) is 53.6 Å². The number of benzene rings is 1. The fourth-order valence-electron chi connectivity index (χ4n) is 2.33. The fraction of sp³-hybridized carbons (Fsp3) is 0.533. The molecule has 0 saturated carbocycles. The number of nitrogens with zero attached hydrogens (tertiary/aromatic N) is 1. The second kappa shape index (κ2) is 7.95. The Labute approximate surface area is 124 Å². The molecule has 0 unspecified atom stereocenters. The highest BCUT2D eigenvalue weighted by atomic mass is 19.1. The first-order valence-corrected chi connectivity index (χ1v) is 7.34. The van der Waals surface area contributed by atoms with Crippen LogP contribution in [0.5, 0.6) is 5.75 Å². The van der Waals surface area contributed by atoms with Gasteiger partial charge in [-0.15, -0.1) is 0 Å². The lowest BCUT2D eigenvalue weighted by molar-refractivity contribution is -0.117. The van der Waals surface area contributed by atoms with E-state index in [2.05, 4.69) is 15.5 Å². The van der Waals surface area contributed by atoms with Crippen LogP contribution < -0.4 is 15.4 Å². The third kappa shape index (κ3) is 4.99. The highest BCUT2D eigenvalue weighted by Gasteiger charge is 2.14. The molecule has 0 aliphatic carbocycles. The first-order valence-electron chi connectivity index (χ1n) is 7.34. The van der Waals surface area contributed by atoms with Crippen molar-refractivity contribution in [2.24, 2.45) is 0 Å². The van der Waals surface area contributed by atoms with E-state index in [1.54, 1.807) is 0 Å². The maximum Gasteiger partial charge on any atom is 0.238 e. The van der Waals surface area contributed by atoms with E-state index in [0.717, 1.165) is 32.6 Å². The van der Waals surface area contributed by atoms with Gasteiger partial charge in [-0.05, 0) is 38.6 Å². The summed E-state index contributed by atoms with van der Waals surface area (Å²) in [6.45, 7) is 6.23. The summed E-state index contributed by atoms with van der Waals surface area (Å²) in [6, 6.07) is 4.13. The normalized spacial score (nSPS) is 16.3. The number of hydrogen-bond acceptors (Lipinski definition) is 4. The molecule has 116 valence electrons. The zero-order valence-corrected chi connectivity index (χ0v) is 12.3. The Balaban J connectivity index is 1.95. The number of ether oxygens (including phenoxy) is 1. The van der Waals surface area contributed by atoms with E-state index in [-0.39, 0.29) is 11.7 Å². The lowest BCUT2D eigenvalue weighted by Gasteiger charge is -2.19. The Hall–Kier alpha value is -1.66. The highest BCUT2D eigenvalue weighted by Crippen LogP contribution is 2.25. The van der Waals surface area contributed by atoms with Crippen LogP contribution in [-0.2, 0) is 4.79 Å². The van der Waals surface area contributed by atoms with Crippen LogP contribution in [0.15, 0.2) is 18.2 Å². The van der Waals surface area contributed by atoms with Crippen molar-refractivity contribution in [3.63, 3.8) is 0 Å². The van der Waals surface area contributed by atoms with Crippen molar-refractivity contribution in [3.8, 4) is 5.75 Å². The quantitative estimate of drug-likeness (QED) is 0.863. The molecule has 0 radical (unpaired) electrons. The maximum absolute atomic E-state index is 13.2. The highest BCUT2D eigenvalue weighted by molar-refractivity contribution is 5.93. The lowest BCUT2D eigenvalue weighted by Crippen LogP contribution is -2.35. The van der Waals surface area contributed by atoms with Crippen LogP contribution in [0.4, 0.5) is 10.1 Å². The van der Waals surface area contributed by atoms with Gasteiger partial charge in [-0.2, -0.15) is 0 Å². The zero-order valence-electron chi connectivity index (χ0n) is 12.3. The van der Waals surface area contributed by atoms with Crippen molar-refractivity contribution in [2.45, 2.75) is 13.3 Å². The van der Waals surface area contributed by atoms with Gasteiger partial charge in [-0.25, -0.2) is 4.39 Å². The second-order valence-electron chi connectivity index (χ2n) is 5.00. The first-order chi connectivity index (χ1) is 10.2. The summed E-state index contributed by atoms with van der Waals surface area (Å²) in [5.74, 6) is -0.122. The molecule has 5 nitrogen and oxygen atoms in total. The molecule has 0 atom stereocenters. The van der Waals surface area contributed by atoms with Gasteiger partial charge in [0.25, 0.3) is 0 Å². The second-order valence-corrected chi connectivity index (χ2v) is 5.00. The summed E-state index contributed by atoms with van der Waals surface area (Å²) >= 11 is 0. The molecule has 1 amide bonds. The monoisotopic (exact) mass is 295 g/mol. The van der Waals surface area contributed by atoms with Gasteiger partial charge in [-0.3, -0.25) is 9.69 Å². The van der Waals surface area contributed by atoms with E-state index < -0.39 is 0 Å². The SMILES string of the molecule is CCOc1cc(F)ccc1NC(=O)CN1CCCNCC1. The van der Waals surface area contributed by atoms with Crippen LogP contribution >= 0.6 is 0 Å². The van der Waals surface area contributed by atoms with Crippen LogP contribution in [0.2, 0.25) is 0 Å². The van der Waals surface area contributed by atoms with E-state index >= 15 is 0 Å². The molecule has 0 spiro atoms. The predicted octanol–water partition coefficient (Wildman–Crippen LogP) is 1.46. The van der Waals surface area contributed by atoms with Crippen molar-refractivity contribution in [1.82, 2.24) is 10.2 Å². The molecule has 1 aliphatic rings. The zero-order chi connectivity index (χ0) is 15.1. The van der Waals surface area contributed by atoms with Crippen LogP contribution in [0.3, 0.4) is 0 Å². The van der Waals surface area contributed by atoms with E-state index in [0.29, 0.717) is 24.6 Å². The fourth-order valence-corrected chi connectivity index (χ4v) is 2.33. The number of hydrogen-bond donors (Lipinski definition) is 2. The van der Waals surface area contributed by atoms with E-state index in [9.17, 15) is 9.18 Å². The summed E-state index contributed by atoms with van der Waals surface area (Å²) in [5.41, 5.74) is 0.510. The third-order valence-corrected chi connectivity index (χ3v) is 3.32. The number of amides is 1. The van der Waals surface area contributed by atoms with Crippen molar-refractivity contribution in [1.29, 1.82) is 0 Å². The van der Waals surface area contributed by atoms with Gasteiger partial charge in [0.2, 0.25) is 5.91 Å². The van der Waals surface area contributed by atoms with Crippen molar-refractivity contribution >= 4 is 11.6 Å². The number of rotatable bonds is 5. The Morgan fingerprint density at radius 3 is 3.10 bits per heavy atom. The predicted molar refractivity (Wildman–Crippen MR) is 80.1 cm³/mol. The van der Waals surface area contributed by atoms with Gasteiger partial charge >= 0.3 is 0 Å². The smallest absolute Gasteiger partial charge is 0.238 e. The van der Waals surface area contributed by atoms with Gasteiger partial charge in [0.1, 0.15) is 11.6 Å². The van der Waals surface area contributed by atoms with E-state index in [1.807, 2.05) is 6.92 Å². The molecule has 1 heterocycles. The molecule has 2 N–H and O–H groups in total. The molecule has 0 bridgehead atoms. The summed E-state index contributed by atoms with van der Waals surface area (Å²) in [5, 5.41) is 6.09. The molecule has 21 heavy (non-hydrogen) atoms. The Kier molecular flexibility index (Phi) is 5.95. The van der Waals surface area contributed by atoms with E-state index in [4.69, 9.17) is 4.74 Å². The molecule has 0 aromatic heterocycles. The average molecular weight is 295 g/mol. The molecule has 1 fully saturated rings. The van der Waals surface area contributed by atoms with Crippen LogP contribution in [0.1, 0.15) is 13.3 Å². The maximum atomic E-state index is 13.2. The Bertz CT molecular complexity index is 474.